The van der Waals surface area contributed by atoms with E-state index in [0.29, 0.717) is 18.3 Å². The first kappa shape index (κ1) is 16.5. The van der Waals surface area contributed by atoms with Gasteiger partial charge in [0.15, 0.2) is 0 Å². The van der Waals surface area contributed by atoms with E-state index < -0.39 is 0 Å². The minimum absolute atomic E-state index is 0.222. The molecule has 0 unspecified atom stereocenters. The SMILES string of the molecule is N#C[C@H]1CC[C@H](CCC2CCC(/C=C/CCF)CC2)CC1. The molecule has 21 heavy (non-hydrogen) atoms. The predicted molar refractivity (Wildman–Crippen MR) is 85.5 cm³/mol. The second kappa shape index (κ2) is 9.23. The topological polar surface area (TPSA) is 23.8 Å². The lowest BCUT2D eigenvalue weighted by Gasteiger charge is -2.30. The molecule has 118 valence electrons. The molecule has 0 saturated heterocycles. The van der Waals surface area contributed by atoms with Crippen molar-refractivity contribution in [3.8, 4) is 6.07 Å². The molecule has 0 aliphatic heterocycles. The van der Waals surface area contributed by atoms with E-state index in [2.05, 4.69) is 12.1 Å². The zero-order valence-corrected chi connectivity index (χ0v) is 13.3. The molecule has 0 spiro atoms. The number of halogens is 1. The summed E-state index contributed by atoms with van der Waals surface area (Å²) in [6, 6.07) is 2.43. The molecule has 0 N–H and O–H groups in total. The van der Waals surface area contributed by atoms with Crippen molar-refractivity contribution in [1.82, 2.24) is 0 Å². The Hall–Kier alpha value is -0.840. The number of hydrogen-bond acceptors (Lipinski definition) is 1. The van der Waals surface area contributed by atoms with E-state index in [1.807, 2.05) is 6.08 Å². The molecule has 0 heterocycles. The Morgan fingerprint density at radius 1 is 0.905 bits per heavy atom. The zero-order valence-electron chi connectivity index (χ0n) is 13.3. The van der Waals surface area contributed by atoms with Gasteiger partial charge in [-0.1, -0.05) is 25.0 Å². The maximum atomic E-state index is 12.1. The summed E-state index contributed by atoms with van der Waals surface area (Å²) in [5.41, 5.74) is 0. The summed E-state index contributed by atoms with van der Waals surface area (Å²) in [6.07, 6.45) is 17.8. The van der Waals surface area contributed by atoms with Crippen molar-refractivity contribution in [3.05, 3.63) is 12.2 Å². The molecule has 2 rings (SSSR count). The molecule has 0 radical (unpaired) electrons. The lowest BCUT2D eigenvalue weighted by molar-refractivity contribution is 0.242. The summed E-state index contributed by atoms with van der Waals surface area (Å²) in [5, 5.41) is 8.94. The number of alkyl halides is 1. The molecule has 0 atom stereocenters. The molecular weight excluding hydrogens is 261 g/mol. The predicted octanol–water partition coefficient (Wildman–Crippen LogP) is 5.82. The second-order valence-electron chi connectivity index (χ2n) is 7.11. The van der Waals surface area contributed by atoms with Crippen LogP contribution in [0.2, 0.25) is 0 Å². The van der Waals surface area contributed by atoms with Gasteiger partial charge in [-0.05, 0) is 75.5 Å². The fraction of sp³-hybridized carbons (Fsp3) is 0.842. The smallest absolute Gasteiger partial charge is 0.0928 e. The molecule has 0 bridgehead atoms. The van der Waals surface area contributed by atoms with Crippen LogP contribution < -0.4 is 0 Å². The van der Waals surface area contributed by atoms with Gasteiger partial charge in [0, 0.05) is 5.92 Å². The van der Waals surface area contributed by atoms with E-state index in [0.717, 1.165) is 24.7 Å². The Kier molecular flexibility index (Phi) is 7.27. The number of allylic oxidation sites excluding steroid dienone is 2. The second-order valence-corrected chi connectivity index (χ2v) is 7.11. The minimum Gasteiger partial charge on any atom is -0.251 e. The van der Waals surface area contributed by atoms with Crippen molar-refractivity contribution < 1.29 is 4.39 Å². The van der Waals surface area contributed by atoms with Gasteiger partial charge in [-0.15, -0.1) is 0 Å². The van der Waals surface area contributed by atoms with Gasteiger partial charge in [0.1, 0.15) is 0 Å². The molecule has 0 aromatic heterocycles. The van der Waals surface area contributed by atoms with Crippen molar-refractivity contribution in [2.45, 2.75) is 70.6 Å². The fourth-order valence-corrected chi connectivity index (χ4v) is 4.07. The number of hydrogen-bond donors (Lipinski definition) is 0. The summed E-state index contributed by atoms with van der Waals surface area (Å²) < 4.78 is 12.1. The van der Waals surface area contributed by atoms with Crippen LogP contribution in [0.15, 0.2) is 12.2 Å². The first-order valence-electron chi connectivity index (χ1n) is 8.94. The van der Waals surface area contributed by atoms with Gasteiger partial charge in [-0.3, -0.25) is 4.39 Å². The van der Waals surface area contributed by atoms with E-state index in [-0.39, 0.29) is 6.67 Å². The Morgan fingerprint density at radius 3 is 2.00 bits per heavy atom. The number of nitrogens with zero attached hydrogens (tertiary/aromatic N) is 1. The molecule has 2 aliphatic carbocycles. The van der Waals surface area contributed by atoms with E-state index in [9.17, 15) is 4.39 Å². The van der Waals surface area contributed by atoms with E-state index in [1.54, 1.807) is 0 Å². The largest absolute Gasteiger partial charge is 0.251 e. The van der Waals surface area contributed by atoms with Crippen molar-refractivity contribution in [3.63, 3.8) is 0 Å². The standard InChI is InChI=1S/C19H30FN/c20-14-2-1-3-16-4-6-17(7-5-16)8-9-18-10-12-19(15-21)13-11-18/h1,3,16-19H,2,4-14H2/b3-1+/t16?,17?,18-,19-. The summed E-state index contributed by atoms with van der Waals surface area (Å²) in [6.45, 7) is -0.222. The molecule has 0 amide bonds. The van der Waals surface area contributed by atoms with E-state index in [4.69, 9.17) is 5.26 Å². The highest BCUT2D eigenvalue weighted by Gasteiger charge is 2.23. The molecule has 2 heteroatoms. The number of nitriles is 1. The van der Waals surface area contributed by atoms with Crippen molar-refractivity contribution in [2.75, 3.05) is 6.67 Å². The zero-order chi connectivity index (χ0) is 14.9. The lowest BCUT2D eigenvalue weighted by Crippen LogP contribution is -2.17. The van der Waals surface area contributed by atoms with Crippen LogP contribution in [0, 0.1) is 35.0 Å². The maximum Gasteiger partial charge on any atom is 0.0928 e. The van der Waals surface area contributed by atoms with Gasteiger partial charge in [0.2, 0.25) is 0 Å². The minimum atomic E-state index is -0.222. The third kappa shape index (κ3) is 5.81. The summed E-state index contributed by atoms with van der Waals surface area (Å²) in [5.74, 6) is 2.85. The van der Waals surface area contributed by atoms with Crippen molar-refractivity contribution >= 4 is 0 Å². The first-order valence-corrected chi connectivity index (χ1v) is 8.94. The van der Waals surface area contributed by atoms with Gasteiger partial charge in [-0.25, -0.2) is 0 Å². The summed E-state index contributed by atoms with van der Waals surface area (Å²) >= 11 is 0. The van der Waals surface area contributed by atoms with Crippen LogP contribution in [0.5, 0.6) is 0 Å². The highest BCUT2D eigenvalue weighted by atomic mass is 19.1. The van der Waals surface area contributed by atoms with Crippen LogP contribution in [0.25, 0.3) is 0 Å². The lowest BCUT2D eigenvalue weighted by atomic mass is 9.76. The van der Waals surface area contributed by atoms with E-state index in [1.165, 1.54) is 51.4 Å². The summed E-state index contributed by atoms with van der Waals surface area (Å²) in [4.78, 5) is 0. The van der Waals surface area contributed by atoms with Crippen LogP contribution in [0.3, 0.4) is 0 Å². The van der Waals surface area contributed by atoms with Crippen LogP contribution >= 0.6 is 0 Å². The summed E-state index contributed by atoms with van der Waals surface area (Å²) in [7, 11) is 0. The molecule has 2 saturated carbocycles. The fourth-order valence-electron chi connectivity index (χ4n) is 4.07. The number of rotatable bonds is 6. The van der Waals surface area contributed by atoms with Crippen molar-refractivity contribution in [1.29, 1.82) is 5.26 Å². The molecule has 0 aromatic rings. The van der Waals surface area contributed by atoms with Crippen LogP contribution in [-0.4, -0.2) is 6.67 Å². The van der Waals surface area contributed by atoms with Gasteiger partial charge in [0.05, 0.1) is 12.7 Å². The molecule has 1 nitrogen and oxygen atoms in total. The molecule has 0 aromatic carbocycles. The first-order chi connectivity index (χ1) is 10.3. The highest BCUT2D eigenvalue weighted by Crippen LogP contribution is 2.36. The average molecular weight is 291 g/mol. The van der Waals surface area contributed by atoms with Crippen molar-refractivity contribution in [2.24, 2.45) is 23.7 Å². The maximum absolute atomic E-state index is 12.1. The van der Waals surface area contributed by atoms with Gasteiger partial charge in [0.25, 0.3) is 0 Å². The Balaban J connectivity index is 1.58. The Bertz CT molecular complexity index is 341. The Labute approximate surface area is 129 Å². The quantitative estimate of drug-likeness (QED) is 0.566. The monoisotopic (exact) mass is 291 g/mol. The Morgan fingerprint density at radius 2 is 1.48 bits per heavy atom. The van der Waals surface area contributed by atoms with Crippen LogP contribution in [0.1, 0.15) is 70.6 Å². The van der Waals surface area contributed by atoms with Gasteiger partial charge < -0.3 is 0 Å². The van der Waals surface area contributed by atoms with E-state index >= 15 is 0 Å². The molecular formula is C19H30FN. The van der Waals surface area contributed by atoms with Gasteiger partial charge >= 0.3 is 0 Å². The van der Waals surface area contributed by atoms with Crippen LogP contribution in [-0.2, 0) is 0 Å². The molecule has 2 aliphatic rings. The van der Waals surface area contributed by atoms with Crippen LogP contribution in [0.4, 0.5) is 4.39 Å². The van der Waals surface area contributed by atoms with Gasteiger partial charge in [-0.2, -0.15) is 5.26 Å². The third-order valence-corrected chi connectivity index (χ3v) is 5.59. The average Bonchev–Trinajstić information content (AvgIpc) is 2.55. The third-order valence-electron chi connectivity index (χ3n) is 5.59. The highest BCUT2D eigenvalue weighted by molar-refractivity contribution is 4.91. The normalized spacial score (nSPS) is 33.9. The molecule has 2 fully saturated rings.